The molecule has 2 nitrogen and oxygen atoms in total. The summed E-state index contributed by atoms with van der Waals surface area (Å²) in [5.41, 5.74) is 10.1. The van der Waals surface area contributed by atoms with Crippen LogP contribution in [0.1, 0.15) is 35.6 Å². The van der Waals surface area contributed by atoms with Gasteiger partial charge in [-0.3, -0.25) is 0 Å². The van der Waals surface area contributed by atoms with Gasteiger partial charge in [-0.05, 0) is 36.8 Å². The summed E-state index contributed by atoms with van der Waals surface area (Å²) in [6, 6.07) is 4.48. The van der Waals surface area contributed by atoms with Crippen LogP contribution in [-0.2, 0) is 12.8 Å². The summed E-state index contributed by atoms with van der Waals surface area (Å²) >= 11 is 0. The fourth-order valence-electron chi connectivity index (χ4n) is 2.54. The van der Waals surface area contributed by atoms with Crippen LogP contribution in [-0.4, -0.2) is 6.61 Å². The first-order chi connectivity index (χ1) is 6.86. The van der Waals surface area contributed by atoms with Crippen molar-refractivity contribution in [3.8, 4) is 5.75 Å². The van der Waals surface area contributed by atoms with E-state index in [4.69, 9.17) is 10.5 Å². The molecule has 1 aliphatic carbocycles. The molecule has 14 heavy (non-hydrogen) atoms. The zero-order chi connectivity index (χ0) is 9.54. The van der Waals surface area contributed by atoms with E-state index in [2.05, 4.69) is 12.1 Å². The molecule has 1 aliphatic heterocycles. The van der Waals surface area contributed by atoms with Crippen molar-refractivity contribution in [3.63, 3.8) is 0 Å². The molecule has 1 atom stereocenters. The minimum Gasteiger partial charge on any atom is -0.491 e. The van der Waals surface area contributed by atoms with Crippen LogP contribution < -0.4 is 10.5 Å². The third-order valence-electron chi connectivity index (χ3n) is 3.32. The lowest BCUT2D eigenvalue weighted by Gasteiger charge is -2.18. The van der Waals surface area contributed by atoms with E-state index in [1.54, 1.807) is 0 Å². The van der Waals surface area contributed by atoms with E-state index in [9.17, 15) is 0 Å². The molecule has 2 aliphatic rings. The smallest absolute Gasteiger partial charge is 0.127 e. The average molecular weight is 189 g/mol. The quantitative estimate of drug-likeness (QED) is 0.677. The molecule has 0 saturated heterocycles. The molecule has 3 rings (SSSR count). The topological polar surface area (TPSA) is 35.2 Å². The predicted molar refractivity (Wildman–Crippen MR) is 55.5 cm³/mol. The summed E-state index contributed by atoms with van der Waals surface area (Å²) in [5, 5.41) is 0. The Bertz CT molecular complexity index is 373. The minimum absolute atomic E-state index is 0.0947. The molecule has 1 aromatic rings. The lowest BCUT2D eigenvalue weighted by atomic mass is 9.89. The van der Waals surface area contributed by atoms with Crippen molar-refractivity contribution in [2.24, 2.45) is 5.73 Å². The molecular weight excluding hydrogens is 174 g/mol. The van der Waals surface area contributed by atoms with Crippen molar-refractivity contribution in [3.05, 3.63) is 28.8 Å². The van der Waals surface area contributed by atoms with Gasteiger partial charge in [-0.2, -0.15) is 0 Å². The lowest BCUT2D eigenvalue weighted by Crippen LogP contribution is -2.10. The third-order valence-corrected chi connectivity index (χ3v) is 3.32. The SMILES string of the molecule is N[C@H]1COc2c1ccc1c2CCCC1. The second kappa shape index (κ2) is 2.99. The maximum absolute atomic E-state index is 5.95. The largest absolute Gasteiger partial charge is 0.491 e. The van der Waals surface area contributed by atoms with Crippen LogP contribution in [0.4, 0.5) is 0 Å². The molecule has 0 saturated carbocycles. The first-order valence-corrected chi connectivity index (χ1v) is 5.39. The van der Waals surface area contributed by atoms with E-state index >= 15 is 0 Å². The van der Waals surface area contributed by atoms with E-state index < -0.39 is 0 Å². The van der Waals surface area contributed by atoms with Gasteiger partial charge in [0.15, 0.2) is 0 Å². The van der Waals surface area contributed by atoms with Crippen LogP contribution in [0.25, 0.3) is 0 Å². The molecule has 0 spiro atoms. The maximum atomic E-state index is 5.95. The Hall–Kier alpha value is -1.02. The molecule has 0 radical (unpaired) electrons. The second-order valence-electron chi connectivity index (χ2n) is 4.25. The van der Waals surface area contributed by atoms with Crippen LogP contribution in [0.2, 0.25) is 0 Å². The molecule has 0 bridgehead atoms. The Balaban J connectivity index is 2.15. The number of ether oxygens (including phenoxy) is 1. The summed E-state index contributed by atoms with van der Waals surface area (Å²) in [6.07, 6.45) is 4.99. The number of rotatable bonds is 0. The van der Waals surface area contributed by atoms with Gasteiger partial charge in [0.1, 0.15) is 12.4 Å². The third kappa shape index (κ3) is 1.07. The summed E-state index contributed by atoms with van der Waals surface area (Å²) in [5.74, 6) is 1.11. The molecule has 0 aromatic heterocycles. The van der Waals surface area contributed by atoms with Crippen molar-refractivity contribution < 1.29 is 4.74 Å². The Morgan fingerprint density at radius 1 is 1.21 bits per heavy atom. The predicted octanol–water partition coefficient (Wildman–Crippen LogP) is 1.96. The molecule has 1 heterocycles. The Morgan fingerprint density at radius 3 is 3.00 bits per heavy atom. The highest BCUT2D eigenvalue weighted by Gasteiger charge is 2.25. The van der Waals surface area contributed by atoms with Gasteiger partial charge in [-0.1, -0.05) is 12.1 Å². The minimum atomic E-state index is 0.0947. The van der Waals surface area contributed by atoms with E-state index in [1.807, 2.05) is 0 Å². The van der Waals surface area contributed by atoms with Crippen LogP contribution in [0.15, 0.2) is 12.1 Å². The Labute approximate surface area is 84.1 Å². The zero-order valence-corrected chi connectivity index (χ0v) is 8.25. The van der Waals surface area contributed by atoms with Crippen molar-refractivity contribution in [2.75, 3.05) is 6.61 Å². The number of benzene rings is 1. The standard InChI is InChI=1S/C12H15NO/c13-11-7-14-12-9-4-2-1-3-8(9)5-6-10(11)12/h5-6,11H,1-4,7,13H2/t11-/m0/s1. The van der Waals surface area contributed by atoms with Crippen molar-refractivity contribution >= 4 is 0 Å². The highest BCUT2D eigenvalue weighted by atomic mass is 16.5. The molecule has 0 fully saturated rings. The number of fused-ring (bicyclic) bond motifs is 3. The number of nitrogens with two attached hydrogens (primary N) is 1. The fraction of sp³-hybridized carbons (Fsp3) is 0.500. The van der Waals surface area contributed by atoms with Gasteiger partial charge in [0, 0.05) is 5.56 Å². The van der Waals surface area contributed by atoms with Crippen LogP contribution in [0.5, 0.6) is 5.75 Å². The Morgan fingerprint density at radius 2 is 2.07 bits per heavy atom. The van der Waals surface area contributed by atoms with Crippen molar-refractivity contribution in [2.45, 2.75) is 31.7 Å². The first-order valence-electron chi connectivity index (χ1n) is 5.39. The molecule has 0 amide bonds. The number of hydrogen-bond donors (Lipinski definition) is 1. The molecule has 74 valence electrons. The van der Waals surface area contributed by atoms with Crippen molar-refractivity contribution in [1.82, 2.24) is 0 Å². The van der Waals surface area contributed by atoms with E-state index in [-0.39, 0.29) is 6.04 Å². The normalized spacial score (nSPS) is 23.9. The Kier molecular flexibility index (Phi) is 1.77. The molecule has 1 aromatic carbocycles. The number of hydrogen-bond acceptors (Lipinski definition) is 2. The average Bonchev–Trinajstić information content (AvgIpc) is 2.61. The van der Waals surface area contributed by atoms with Gasteiger partial charge < -0.3 is 10.5 Å². The summed E-state index contributed by atoms with van der Waals surface area (Å²) in [6.45, 7) is 0.659. The fourth-order valence-corrected chi connectivity index (χ4v) is 2.54. The molecule has 2 heteroatoms. The summed E-state index contributed by atoms with van der Waals surface area (Å²) in [4.78, 5) is 0. The van der Waals surface area contributed by atoms with E-state index in [0.717, 1.165) is 5.75 Å². The van der Waals surface area contributed by atoms with Gasteiger partial charge in [-0.15, -0.1) is 0 Å². The first kappa shape index (κ1) is 8.30. The second-order valence-corrected chi connectivity index (χ2v) is 4.25. The van der Waals surface area contributed by atoms with Gasteiger partial charge >= 0.3 is 0 Å². The molecular formula is C12H15NO. The van der Waals surface area contributed by atoms with E-state index in [1.165, 1.54) is 42.4 Å². The van der Waals surface area contributed by atoms with Crippen LogP contribution in [0, 0.1) is 0 Å². The maximum Gasteiger partial charge on any atom is 0.127 e. The van der Waals surface area contributed by atoms with Gasteiger partial charge in [0.05, 0.1) is 6.04 Å². The van der Waals surface area contributed by atoms with Gasteiger partial charge in [0.2, 0.25) is 0 Å². The molecule has 2 N–H and O–H groups in total. The lowest BCUT2D eigenvalue weighted by molar-refractivity contribution is 0.329. The molecule has 0 unspecified atom stereocenters. The summed E-state index contributed by atoms with van der Waals surface area (Å²) in [7, 11) is 0. The van der Waals surface area contributed by atoms with Crippen LogP contribution in [0.3, 0.4) is 0 Å². The number of aryl methyl sites for hydroxylation is 1. The highest BCUT2D eigenvalue weighted by molar-refractivity contribution is 5.50. The van der Waals surface area contributed by atoms with Crippen molar-refractivity contribution in [1.29, 1.82) is 0 Å². The van der Waals surface area contributed by atoms with Gasteiger partial charge in [-0.25, -0.2) is 0 Å². The monoisotopic (exact) mass is 189 g/mol. The van der Waals surface area contributed by atoms with Crippen LogP contribution >= 0.6 is 0 Å². The van der Waals surface area contributed by atoms with Gasteiger partial charge in [0.25, 0.3) is 0 Å². The highest BCUT2D eigenvalue weighted by Crippen LogP contribution is 2.39. The summed E-state index contributed by atoms with van der Waals surface area (Å²) < 4.78 is 5.68. The van der Waals surface area contributed by atoms with E-state index in [0.29, 0.717) is 6.61 Å². The zero-order valence-electron chi connectivity index (χ0n) is 8.25.